The van der Waals surface area contributed by atoms with E-state index in [1.807, 2.05) is 13.8 Å². The number of guanidine groups is 1. The number of hydrogen-bond donors (Lipinski definition) is 3. The average Bonchev–Trinajstić information content (AvgIpc) is 1.88. The average molecular weight is 258 g/mol. The molecule has 0 aromatic rings. The minimum absolute atomic E-state index is 0. The van der Waals surface area contributed by atoms with E-state index in [2.05, 4.69) is 15.7 Å². The molecule has 0 saturated carbocycles. The lowest BCUT2D eigenvalue weighted by Crippen LogP contribution is -2.41. The Kier molecular flexibility index (Phi) is 11.3. The van der Waals surface area contributed by atoms with E-state index >= 15 is 0 Å². The summed E-state index contributed by atoms with van der Waals surface area (Å²) in [7, 11) is 0. The van der Waals surface area contributed by atoms with Crippen molar-refractivity contribution < 1.29 is 0 Å². The minimum Gasteiger partial charge on any atom is -0.356 e. The SMILES string of the molecule is CC/N=C(\NN)NCC.I. The van der Waals surface area contributed by atoms with Crippen LogP contribution in [0.3, 0.4) is 0 Å². The quantitative estimate of drug-likeness (QED) is 0.216. The van der Waals surface area contributed by atoms with Gasteiger partial charge in [-0.1, -0.05) is 0 Å². The van der Waals surface area contributed by atoms with Crippen molar-refractivity contribution in [1.29, 1.82) is 0 Å². The molecule has 0 radical (unpaired) electrons. The lowest BCUT2D eigenvalue weighted by Gasteiger charge is -2.04. The molecule has 0 rings (SSSR count). The summed E-state index contributed by atoms with van der Waals surface area (Å²) in [6.07, 6.45) is 0. The molecule has 0 fully saturated rings. The van der Waals surface area contributed by atoms with E-state index in [-0.39, 0.29) is 24.0 Å². The first kappa shape index (κ1) is 12.6. The molecule has 0 aromatic heterocycles. The highest BCUT2D eigenvalue weighted by molar-refractivity contribution is 14.0. The molecular formula is C5H15IN4. The van der Waals surface area contributed by atoms with Gasteiger partial charge in [0.25, 0.3) is 0 Å². The largest absolute Gasteiger partial charge is 0.356 e. The highest BCUT2D eigenvalue weighted by Gasteiger charge is 1.86. The van der Waals surface area contributed by atoms with Crippen LogP contribution in [-0.4, -0.2) is 19.0 Å². The summed E-state index contributed by atoms with van der Waals surface area (Å²) in [6, 6.07) is 0. The second-order valence-electron chi connectivity index (χ2n) is 1.50. The number of nitrogens with two attached hydrogens (primary N) is 1. The van der Waals surface area contributed by atoms with Gasteiger partial charge in [-0.05, 0) is 13.8 Å². The lowest BCUT2D eigenvalue weighted by molar-refractivity contribution is 0.859. The van der Waals surface area contributed by atoms with Crippen molar-refractivity contribution in [3.8, 4) is 0 Å². The summed E-state index contributed by atoms with van der Waals surface area (Å²) in [4.78, 5) is 4.00. The topological polar surface area (TPSA) is 62.4 Å². The van der Waals surface area contributed by atoms with Crippen molar-refractivity contribution in [2.24, 2.45) is 10.8 Å². The van der Waals surface area contributed by atoms with Crippen molar-refractivity contribution >= 4 is 29.9 Å². The molecule has 4 nitrogen and oxygen atoms in total. The van der Waals surface area contributed by atoms with Gasteiger partial charge in [0, 0.05) is 13.1 Å². The van der Waals surface area contributed by atoms with E-state index in [9.17, 15) is 0 Å². The van der Waals surface area contributed by atoms with Gasteiger partial charge in [-0.25, -0.2) is 5.84 Å². The van der Waals surface area contributed by atoms with Gasteiger partial charge in [0.1, 0.15) is 0 Å². The Bertz CT molecular complexity index is 93.6. The van der Waals surface area contributed by atoms with E-state index in [0.717, 1.165) is 13.1 Å². The van der Waals surface area contributed by atoms with Gasteiger partial charge in [0.2, 0.25) is 5.96 Å². The van der Waals surface area contributed by atoms with Gasteiger partial charge >= 0.3 is 0 Å². The predicted molar refractivity (Wildman–Crippen MR) is 54.4 cm³/mol. The zero-order valence-corrected chi connectivity index (χ0v) is 8.68. The van der Waals surface area contributed by atoms with Crippen LogP contribution in [0, 0.1) is 0 Å². The molecule has 0 aromatic carbocycles. The van der Waals surface area contributed by atoms with Crippen molar-refractivity contribution in [1.82, 2.24) is 10.7 Å². The van der Waals surface area contributed by atoms with E-state index in [1.54, 1.807) is 0 Å². The zero-order valence-electron chi connectivity index (χ0n) is 6.35. The van der Waals surface area contributed by atoms with Crippen molar-refractivity contribution in [3.63, 3.8) is 0 Å². The highest BCUT2D eigenvalue weighted by Crippen LogP contribution is 1.66. The Labute approximate surface area is 78.6 Å². The van der Waals surface area contributed by atoms with Crippen LogP contribution in [0.25, 0.3) is 0 Å². The van der Waals surface area contributed by atoms with Crippen molar-refractivity contribution in [3.05, 3.63) is 0 Å². The van der Waals surface area contributed by atoms with Crippen LogP contribution in [-0.2, 0) is 0 Å². The van der Waals surface area contributed by atoms with Crippen LogP contribution < -0.4 is 16.6 Å². The molecule has 0 bridgehead atoms. The molecule has 5 heteroatoms. The summed E-state index contributed by atoms with van der Waals surface area (Å²) >= 11 is 0. The number of hydrogen-bond acceptors (Lipinski definition) is 2. The van der Waals surface area contributed by atoms with Gasteiger partial charge < -0.3 is 5.32 Å². The molecule has 0 spiro atoms. The van der Waals surface area contributed by atoms with E-state index in [4.69, 9.17) is 5.84 Å². The summed E-state index contributed by atoms with van der Waals surface area (Å²) in [5, 5.41) is 2.95. The molecule has 62 valence electrons. The highest BCUT2D eigenvalue weighted by atomic mass is 127. The van der Waals surface area contributed by atoms with Crippen LogP contribution in [0.2, 0.25) is 0 Å². The molecule has 10 heavy (non-hydrogen) atoms. The Morgan fingerprint density at radius 1 is 1.50 bits per heavy atom. The smallest absolute Gasteiger partial charge is 0.205 e. The Hall–Kier alpha value is -0.0400. The molecule has 0 aliphatic carbocycles. The Balaban J connectivity index is 0. The maximum atomic E-state index is 5.10. The van der Waals surface area contributed by atoms with E-state index in [1.165, 1.54) is 0 Å². The Morgan fingerprint density at radius 2 is 2.10 bits per heavy atom. The molecule has 0 unspecified atom stereocenters. The second kappa shape index (κ2) is 8.96. The van der Waals surface area contributed by atoms with Crippen LogP contribution in [0.1, 0.15) is 13.8 Å². The molecule has 4 N–H and O–H groups in total. The molecule has 0 heterocycles. The standard InChI is InChI=1S/C5H14N4.HI/c1-3-7-5(9-6)8-4-2;/h3-4,6H2,1-2H3,(H2,7,8,9);1H. The molecule has 0 atom stereocenters. The van der Waals surface area contributed by atoms with Gasteiger partial charge in [-0.2, -0.15) is 0 Å². The normalized spacial score (nSPS) is 10.1. The van der Waals surface area contributed by atoms with Crippen LogP contribution >= 0.6 is 24.0 Å². The molecule has 0 amide bonds. The fourth-order valence-electron chi connectivity index (χ4n) is 0.478. The molecule has 0 aliphatic heterocycles. The fraction of sp³-hybridized carbons (Fsp3) is 0.800. The van der Waals surface area contributed by atoms with E-state index < -0.39 is 0 Å². The second-order valence-corrected chi connectivity index (χ2v) is 1.50. The van der Waals surface area contributed by atoms with Gasteiger partial charge in [-0.3, -0.25) is 10.4 Å². The van der Waals surface area contributed by atoms with Crippen LogP contribution in [0.15, 0.2) is 4.99 Å². The lowest BCUT2D eigenvalue weighted by atomic mass is 10.7. The Morgan fingerprint density at radius 3 is 2.40 bits per heavy atom. The number of halogens is 1. The summed E-state index contributed by atoms with van der Waals surface area (Å²) < 4.78 is 0. The van der Waals surface area contributed by atoms with Crippen LogP contribution in [0.5, 0.6) is 0 Å². The van der Waals surface area contributed by atoms with Crippen LogP contribution in [0.4, 0.5) is 0 Å². The number of rotatable bonds is 2. The third-order valence-corrected chi connectivity index (χ3v) is 0.797. The molecule has 0 saturated heterocycles. The molecule has 0 aliphatic rings. The van der Waals surface area contributed by atoms with Gasteiger partial charge in [0.15, 0.2) is 0 Å². The third-order valence-electron chi connectivity index (χ3n) is 0.797. The number of nitrogens with zero attached hydrogens (tertiary/aromatic N) is 1. The first-order chi connectivity index (χ1) is 4.35. The first-order valence-corrected chi connectivity index (χ1v) is 3.10. The van der Waals surface area contributed by atoms with Crippen molar-refractivity contribution in [2.45, 2.75) is 13.8 Å². The number of aliphatic imine (C=N–C) groups is 1. The minimum atomic E-state index is 0. The third kappa shape index (κ3) is 6.09. The van der Waals surface area contributed by atoms with Crippen molar-refractivity contribution in [2.75, 3.05) is 13.1 Å². The van der Waals surface area contributed by atoms with E-state index in [0.29, 0.717) is 5.96 Å². The maximum Gasteiger partial charge on any atom is 0.205 e. The summed E-state index contributed by atoms with van der Waals surface area (Å²) in [5.74, 6) is 5.75. The fourth-order valence-corrected chi connectivity index (χ4v) is 0.478. The van der Waals surface area contributed by atoms with Gasteiger partial charge in [0.05, 0.1) is 0 Å². The van der Waals surface area contributed by atoms with Gasteiger partial charge in [-0.15, -0.1) is 24.0 Å². The maximum absolute atomic E-state index is 5.10. The monoisotopic (exact) mass is 258 g/mol. The summed E-state index contributed by atoms with van der Waals surface area (Å²) in [6.45, 7) is 5.52. The zero-order chi connectivity index (χ0) is 7.11. The molecular weight excluding hydrogens is 243 g/mol. The summed E-state index contributed by atoms with van der Waals surface area (Å²) in [5.41, 5.74) is 2.44. The first-order valence-electron chi connectivity index (χ1n) is 3.10. The predicted octanol–water partition coefficient (Wildman–Crippen LogP) is 0.0531. The number of nitrogens with one attached hydrogen (secondary N) is 2. The number of hydrazine groups is 1.